The van der Waals surface area contributed by atoms with E-state index in [4.69, 9.17) is 16.3 Å². The van der Waals surface area contributed by atoms with Crippen LogP contribution in [0.1, 0.15) is 29.9 Å². The summed E-state index contributed by atoms with van der Waals surface area (Å²) in [5.74, 6) is 0.150. The van der Waals surface area contributed by atoms with Crippen molar-refractivity contribution in [1.82, 2.24) is 20.6 Å². The normalized spacial score (nSPS) is 28.4. The third-order valence-corrected chi connectivity index (χ3v) is 4.02. The lowest BCUT2D eigenvalue weighted by molar-refractivity contribution is 0.0920. The molecule has 1 aromatic rings. The Labute approximate surface area is 115 Å². The van der Waals surface area contributed by atoms with Crippen LogP contribution >= 0.6 is 11.6 Å². The maximum atomic E-state index is 12.1. The number of hydrogen-bond acceptors (Lipinski definition) is 5. The number of nitrogens with one attached hydrogen (secondary N) is 2. The quantitative estimate of drug-likeness (QED) is 0.801. The molecule has 1 aromatic heterocycles. The summed E-state index contributed by atoms with van der Waals surface area (Å²) >= 11 is 5.88. The molecule has 7 heteroatoms. The number of nitrogens with zero attached hydrogens (tertiary/aromatic N) is 2. The first-order valence-corrected chi connectivity index (χ1v) is 6.68. The molecule has 6 nitrogen and oxygen atoms in total. The Kier molecular flexibility index (Phi) is 3.28. The molecule has 0 saturated carbocycles. The number of ether oxygens (including phenoxy) is 1. The zero-order valence-corrected chi connectivity index (χ0v) is 11.3. The van der Waals surface area contributed by atoms with Gasteiger partial charge in [-0.2, -0.15) is 0 Å². The van der Waals surface area contributed by atoms with E-state index in [9.17, 15) is 4.79 Å². The third kappa shape index (κ3) is 2.37. The van der Waals surface area contributed by atoms with Crippen LogP contribution in [0.3, 0.4) is 0 Å². The molecular weight excluding hydrogens is 268 g/mol. The summed E-state index contributed by atoms with van der Waals surface area (Å²) in [6.07, 6.45) is 4.69. The summed E-state index contributed by atoms with van der Waals surface area (Å²) in [7, 11) is 1.48. The maximum absolute atomic E-state index is 12.1. The number of rotatable bonds is 3. The van der Waals surface area contributed by atoms with Crippen molar-refractivity contribution in [3.8, 4) is 5.75 Å². The number of hydrogen-bond donors (Lipinski definition) is 2. The Morgan fingerprint density at radius 1 is 1.58 bits per heavy atom. The van der Waals surface area contributed by atoms with Gasteiger partial charge >= 0.3 is 0 Å². The van der Waals surface area contributed by atoms with Gasteiger partial charge in [-0.1, -0.05) is 11.6 Å². The van der Waals surface area contributed by atoms with Crippen molar-refractivity contribution < 1.29 is 9.53 Å². The van der Waals surface area contributed by atoms with E-state index in [2.05, 4.69) is 20.6 Å². The fraction of sp³-hybridized carbons (Fsp3) is 0.583. The smallest absolute Gasteiger partial charge is 0.289 e. The largest absolute Gasteiger partial charge is 0.492 e. The molecule has 0 aromatic carbocycles. The number of fused-ring (bicyclic) bond motifs is 2. The summed E-state index contributed by atoms with van der Waals surface area (Å²) in [5.41, 5.74) is 0. The van der Waals surface area contributed by atoms with Crippen LogP contribution in [0.4, 0.5) is 0 Å². The Balaban J connectivity index is 1.69. The Morgan fingerprint density at radius 3 is 3.00 bits per heavy atom. The van der Waals surface area contributed by atoms with Gasteiger partial charge in [0.05, 0.1) is 13.3 Å². The number of halogens is 1. The highest BCUT2D eigenvalue weighted by atomic mass is 35.5. The molecule has 3 heterocycles. The third-order valence-electron chi connectivity index (χ3n) is 3.75. The number of carbonyl (C=O) groups excluding carboxylic acids is 1. The topological polar surface area (TPSA) is 76.1 Å². The van der Waals surface area contributed by atoms with E-state index in [1.54, 1.807) is 0 Å². The van der Waals surface area contributed by atoms with Gasteiger partial charge in [0, 0.05) is 18.1 Å². The van der Waals surface area contributed by atoms with Crippen LogP contribution in [0, 0.1) is 0 Å². The predicted molar refractivity (Wildman–Crippen MR) is 69.4 cm³/mol. The van der Waals surface area contributed by atoms with Crippen LogP contribution < -0.4 is 15.4 Å². The zero-order chi connectivity index (χ0) is 13.4. The van der Waals surface area contributed by atoms with Crippen molar-refractivity contribution in [3.05, 3.63) is 17.2 Å². The molecule has 2 bridgehead atoms. The minimum atomic E-state index is -0.288. The van der Waals surface area contributed by atoms with E-state index < -0.39 is 0 Å². The average molecular weight is 283 g/mol. The molecule has 2 aliphatic heterocycles. The second kappa shape index (κ2) is 4.94. The highest BCUT2D eigenvalue weighted by Gasteiger charge is 2.39. The van der Waals surface area contributed by atoms with Gasteiger partial charge in [0.15, 0.2) is 10.9 Å². The fourth-order valence-electron chi connectivity index (χ4n) is 2.81. The number of carbonyl (C=O) groups is 1. The van der Waals surface area contributed by atoms with Gasteiger partial charge in [-0.3, -0.25) is 4.79 Å². The van der Waals surface area contributed by atoms with Crippen molar-refractivity contribution >= 4 is 17.5 Å². The monoisotopic (exact) mass is 282 g/mol. The summed E-state index contributed by atoms with van der Waals surface area (Å²) in [6.45, 7) is 0. The molecule has 2 fully saturated rings. The molecule has 2 saturated heterocycles. The Hall–Kier alpha value is -1.40. The lowest BCUT2D eigenvalue weighted by Crippen LogP contribution is -2.43. The van der Waals surface area contributed by atoms with Gasteiger partial charge in [-0.05, 0) is 19.3 Å². The molecule has 0 spiro atoms. The molecule has 3 atom stereocenters. The standard InChI is InChI=1S/C12H15ClN4O2/c1-19-9-5-14-11(17-10(9)13)12(18)16-8-4-6-2-3-7(8)15-6/h5-8,15H,2-4H2,1H3,(H,16,18). The molecule has 1 amide bonds. The molecule has 0 aliphatic carbocycles. The number of amides is 1. The molecule has 2 aliphatic rings. The lowest BCUT2D eigenvalue weighted by Gasteiger charge is -2.20. The Bertz CT molecular complexity index is 511. The van der Waals surface area contributed by atoms with E-state index in [1.807, 2.05) is 0 Å². The SMILES string of the molecule is COc1cnc(C(=O)NC2CC3CCC2N3)nc1Cl. The van der Waals surface area contributed by atoms with Crippen molar-refractivity contribution in [3.63, 3.8) is 0 Å². The predicted octanol–water partition coefficient (Wildman–Crippen LogP) is 0.761. The van der Waals surface area contributed by atoms with Crippen LogP contribution in [-0.4, -0.2) is 41.1 Å². The molecule has 2 N–H and O–H groups in total. The first kappa shape index (κ1) is 12.6. The van der Waals surface area contributed by atoms with Gasteiger partial charge in [0.1, 0.15) is 0 Å². The minimum Gasteiger partial charge on any atom is -0.492 e. The zero-order valence-electron chi connectivity index (χ0n) is 10.5. The highest BCUT2D eigenvalue weighted by molar-refractivity contribution is 6.30. The summed E-state index contributed by atoms with van der Waals surface area (Å²) < 4.78 is 4.95. The molecule has 19 heavy (non-hydrogen) atoms. The molecule has 102 valence electrons. The minimum absolute atomic E-state index is 0.0774. The number of aromatic nitrogens is 2. The Morgan fingerprint density at radius 2 is 2.42 bits per heavy atom. The maximum Gasteiger partial charge on any atom is 0.289 e. The van der Waals surface area contributed by atoms with Crippen molar-refractivity contribution in [2.75, 3.05) is 7.11 Å². The van der Waals surface area contributed by atoms with Crippen molar-refractivity contribution in [2.45, 2.75) is 37.4 Å². The van der Waals surface area contributed by atoms with E-state index in [0.717, 1.165) is 12.8 Å². The first-order chi connectivity index (χ1) is 9.17. The van der Waals surface area contributed by atoms with Gasteiger partial charge in [0.25, 0.3) is 5.91 Å². The van der Waals surface area contributed by atoms with Crippen LogP contribution in [0.15, 0.2) is 6.20 Å². The summed E-state index contributed by atoms with van der Waals surface area (Å²) in [4.78, 5) is 20.0. The molecule has 3 rings (SSSR count). The number of methoxy groups -OCH3 is 1. The van der Waals surface area contributed by atoms with Crippen molar-refractivity contribution in [2.24, 2.45) is 0 Å². The van der Waals surface area contributed by atoms with Gasteiger partial charge in [0.2, 0.25) is 5.82 Å². The van der Waals surface area contributed by atoms with E-state index in [-0.39, 0.29) is 22.9 Å². The summed E-state index contributed by atoms with van der Waals surface area (Å²) in [6, 6.07) is 1.08. The second-order valence-corrected chi connectivity index (χ2v) is 5.27. The average Bonchev–Trinajstić information content (AvgIpc) is 3.00. The summed E-state index contributed by atoms with van der Waals surface area (Å²) in [5, 5.41) is 6.58. The van der Waals surface area contributed by atoms with Crippen LogP contribution in [0.25, 0.3) is 0 Å². The first-order valence-electron chi connectivity index (χ1n) is 6.31. The highest BCUT2D eigenvalue weighted by Crippen LogP contribution is 2.28. The van der Waals surface area contributed by atoms with Gasteiger partial charge < -0.3 is 15.4 Å². The van der Waals surface area contributed by atoms with E-state index >= 15 is 0 Å². The van der Waals surface area contributed by atoms with Crippen molar-refractivity contribution in [1.29, 1.82) is 0 Å². The second-order valence-electron chi connectivity index (χ2n) is 4.92. The van der Waals surface area contributed by atoms with E-state index in [0.29, 0.717) is 17.8 Å². The van der Waals surface area contributed by atoms with Crippen LogP contribution in [-0.2, 0) is 0 Å². The lowest BCUT2D eigenvalue weighted by atomic mass is 9.95. The van der Waals surface area contributed by atoms with E-state index in [1.165, 1.54) is 19.7 Å². The van der Waals surface area contributed by atoms with Gasteiger partial charge in [-0.15, -0.1) is 0 Å². The van der Waals surface area contributed by atoms with Gasteiger partial charge in [-0.25, -0.2) is 9.97 Å². The molecular formula is C12H15ClN4O2. The molecule has 3 unspecified atom stereocenters. The van der Waals surface area contributed by atoms with Crippen LogP contribution in [0.5, 0.6) is 5.75 Å². The fourth-order valence-corrected chi connectivity index (χ4v) is 3.02. The van der Waals surface area contributed by atoms with Crippen LogP contribution in [0.2, 0.25) is 5.15 Å². The molecule has 0 radical (unpaired) electrons.